The minimum atomic E-state index is -1.62. The summed E-state index contributed by atoms with van der Waals surface area (Å²) in [5.41, 5.74) is 1.37. The standard InChI is InChI=1S/C21H20F2N2O/c1-4-21(26,18-10-9-17(22)13-19(18)23)14(2)15-5-7-16(8-6-15)20-11-12-24-25(20)3/h5-13,26H,2,4H2,1,3H3/t21-/m1/s1. The summed E-state index contributed by atoms with van der Waals surface area (Å²) in [4.78, 5) is 0. The summed E-state index contributed by atoms with van der Waals surface area (Å²) < 4.78 is 29.2. The maximum absolute atomic E-state index is 14.3. The van der Waals surface area contributed by atoms with Crippen LogP contribution in [0.2, 0.25) is 0 Å². The summed E-state index contributed by atoms with van der Waals surface area (Å²) in [5, 5.41) is 15.3. The van der Waals surface area contributed by atoms with Gasteiger partial charge in [-0.05, 0) is 41.3 Å². The van der Waals surface area contributed by atoms with E-state index in [0.29, 0.717) is 11.1 Å². The van der Waals surface area contributed by atoms with Gasteiger partial charge in [0.15, 0.2) is 0 Å². The summed E-state index contributed by atoms with van der Waals surface area (Å²) in [7, 11) is 1.86. The van der Waals surface area contributed by atoms with Crippen molar-refractivity contribution in [2.24, 2.45) is 7.05 Å². The van der Waals surface area contributed by atoms with E-state index in [1.807, 2.05) is 37.4 Å². The van der Waals surface area contributed by atoms with E-state index in [4.69, 9.17) is 0 Å². The highest BCUT2D eigenvalue weighted by atomic mass is 19.1. The topological polar surface area (TPSA) is 38.0 Å². The Kier molecular flexibility index (Phi) is 4.74. The quantitative estimate of drug-likeness (QED) is 0.723. The maximum atomic E-state index is 14.3. The molecule has 1 N–H and O–H groups in total. The Labute approximate surface area is 151 Å². The molecule has 0 saturated heterocycles. The highest BCUT2D eigenvalue weighted by Crippen LogP contribution is 2.39. The molecule has 3 aromatic rings. The number of hydrogen-bond acceptors (Lipinski definition) is 2. The molecule has 0 aliphatic carbocycles. The van der Waals surface area contributed by atoms with E-state index in [-0.39, 0.29) is 12.0 Å². The molecule has 0 spiro atoms. The molecule has 0 bridgehead atoms. The SMILES string of the molecule is C=C(c1ccc(-c2ccnn2C)cc1)[C@](O)(CC)c1ccc(F)cc1F. The fourth-order valence-electron chi connectivity index (χ4n) is 3.13. The molecule has 1 heterocycles. The van der Waals surface area contributed by atoms with Gasteiger partial charge < -0.3 is 5.11 Å². The second-order valence-electron chi connectivity index (χ2n) is 6.23. The maximum Gasteiger partial charge on any atom is 0.132 e. The first-order valence-electron chi connectivity index (χ1n) is 8.33. The Hall–Kier alpha value is -2.79. The number of aliphatic hydroxyl groups is 1. The van der Waals surface area contributed by atoms with Gasteiger partial charge in [0.25, 0.3) is 0 Å². The Morgan fingerprint density at radius 3 is 2.38 bits per heavy atom. The summed E-state index contributed by atoms with van der Waals surface area (Å²) in [6, 6.07) is 12.5. The number of hydrogen-bond donors (Lipinski definition) is 1. The van der Waals surface area contributed by atoms with E-state index in [0.717, 1.165) is 23.4 Å². The number of nitrogens with zero attached hydrogens (tertiary/aromatic N) is 2. The van der Waals surface area contributed by atoms with Crippen molar-refractivity contribution < 1.29 is 13.9 Å². The molecule has 0 fully saturated rings. The lowest BCUT2D eigenvalue weighted by molar-refractivity contribution is 0.0923. The number of benzene rings is 2. The molecule has 1 atom stereocenters. The zero-order valence-electron chi connectivity index (χ0n) is 14.7. The Balaban J connectivity index is 1.97. The van der Waals surface area contributed by atoms with Crippen LogP contribution in [0.4, 0.5) is 8.78 Å². The molecule has 0 aliphatic heterocycles. The summed E-state index contributed by atoms with van der Waals surface area (Å²) >= 11 is 0. The Morgan fingerprint density at radius 1 is 1.15 bits per heavy atom. The Morgan fingerprint density at radius 2 is 1.85 bits per heavy atom. The van der Waals surface area contributed by atoms with Gasteiger partial charge in [-0.15, -0.1) is 0 Å². The van der Waals surface area contributed by atoms with Gasteiger partial charge >= 0.3 is 0 Å². The lowest BCUT2D eigenvalue weighted by Gasteiger charge is -2.30. The van der Waals surface area contributed by atoms with E-state index < -0.39 is 17.2 Å². The van der Waals surface area contributed by atoms with Gasteiger partial charge in [-0.2, -0.15) is 5.10 Å². The van der Waals surface area contributed by atoms with Crippen LogP contribution in [0, 0.1) is 11.6 Å². The van der Waals surface area contributed by atoms with E-state index in [9.17, 15) is 13.9 Å². The number of halogens is 2. The zero-order chi connectivity index (χ0) is 18.9. The van der Waals surface area contributed by atoms with Gasteiger partial charge in [-0.1, -0.05) is 37.8 Å². The van der Waals surface area contributed by atoms with Crippen molar-refractivity contribution in [1.82, 2.24) is 9.78 Å². The monoisotopic (exact) mass is 354 g/mol. The van der Waals surface area contributed by atoms with Crippen LogP contribution in [-0.2, 0) is 12.6 Å². The normalized spacial score (nSPS) is 13.4. The van der Waals surface area contributed by atoms with Crippen LogP contribution in [0.1, 0.15) is 24.5 Å². The molecule has 3 rings (SSSR count). The first kappa shape index (κ1) is 18.0. The number of rotatable bonds is 5. The first-order valence-corrected chi connectivity index (χ1v) is 8.33. The first-order chi connectivity index (χ1) is 12.4. The fraction of sp³-hybridized carbons (Fsp3) is 0.190. The van der Waals surface area contributed by atoms with Crippen molar-refractivity contribution in [1.29, 1.82) is 0 Å². The lowest BCUT2D eigenvalue weighted by atomic mass is 9.81. The van der Waals surface area contributed by atoms with Crippen LogP contribution >= 0.6 is 0 Å². The molecule has 0 aliphatic rings. The van der Waals surface area contributed by atoms with Crippen molar-refractivity contribution in [3.63, 3.8) is 0 Å². The number of aromatic nitrogens is 2. The van der Waals surface area contributed by atoms with Gasteiger partial charge in [0.1, 0.15) is 17.2 Å². The molecule has 5 heteroatoms. The average molecular weight is 354 g/mol. The molecular formula is C21H20F2N2O. The minimum Gasteiger partial charge on any atom is -0.380 e. The third kappa shape index (κ3) is 3.06. The van der Waals surface area contributed by atoms with Crippen LogP contribution in [0.25, 0.3) is 16.8 Å². The van der Waals surface area contributed by atoms with Crippen molar-refractivity contribution in [2.45, 2.75) is 18.9 Å². The molecular weight excluding hydrogens is 334 g/mol. The third-order valence-corrected chi connectivity index (χ3v) is 4.74. The second kappa shape index (κ2) is 6.84. The molecule has 2 aromatic carbocycles. The Bertz CT molecular complexity index is 947. The molecule has 3 nitrogen and oxygen atoms in total. The molecule has 1 aromatic heterocycles. The van der Waals surface area contributed by atoms with Crippen molar-refractivity contribution in [2.75, 3.05) is 0 Å². The molecule has 134 valence electrons. The predicted octanol–water partition coefficient (Wildman–Crippen LogP) is 4.68. The van der Waals surface area contributed by atoms with Crippen LogP contribution in [0.15, 0.2) is 61.3 Å². The van der Waals surface area contributed by atoms with Gasteiger partial charge in [0.2, 0.25) is 0 Å². The third-order valence-electron chi connectivity index (χ3n) is 4.74. The minimum absolute atomic E-state index is 0.0158. The van der Waals surface area contributed by atoms with Gasteiger partial charge in [-0.3, -0.25) is 4.68 Å². The van der Waals surface area contributed by atoms with Crippen LogP contribution in [-0.4, -0.2) is 14.9 Å². The largest absolute Gasteiger partial charge is 0.380 e. The summed E-state index contributed by atoms with van der Waals surface area (Å²) in [5.74, 6) is -1.47. The summed E-state index contributed by atoms with van der Waals surface area (Å²) in [6.45, 7) is 5.72. The van der Waals surface area contributed by atoms with Crippen molar-refractivity contribution in [3.8, 4) is 11.3 Å². The lowest BCUT2D eigenvalue weighted by Crippen LogP contribution is -2.27. The second-order valence-corrected chi connectivity index (χ2v) is 6.23. The smallest absolute Gasteiger partial charge is 0.132 e. The molecule has 26 heavy (non-hydrogen) atoms. The van der Waals surface area contributed by atoms with Crippen molar-refractivity contribution >= 4 is 5.57 Å². The highest BCUT2D eigenvalue weighted by Gasteiger charge is 2.34. The predicted molar refractivity (Wildman–Crippen MR) is 98.2 cm³/mol. The molecule has 0 unspecified atom stereocenters. The van der Waals surface area contributed by atoms with Crippen molar-refractivity contribution in [3.05, 3.63) is 84.1 Å². The molecule has 0 amide bonds. The van der Waals surface area contributed by atoms with E-state index >= 15 is 0 Å². The van der Waals surface area contributed by atoms with E-state index in [2.05, 4.69) is 11.7 Å². The zero-order valence-corrected chi connectivity index (χ0v) is 14.7. The van der Waals surface area contributed by atoms with E-state index in [1.165, 1.54) is 6.07 Å². The van der Waals surface area contributed by atoms with Gasteiger partial charge in [0.05, 0.1) is 5.69 Å². The van der Waals surface area contributed by atoms with Crippen LogP contribution in [0.5, 0.6) is 0 Å². The summed E-state index contributed by atoms with van der Waals surface area (Å²) in [6.07, 6.45) is 1.92. The van der Waals surface area contributed by atoms with Crippen LogP contribution < -0.4 is 0 Å². The average Bonchev–Trinajstić information content (AvgIpc) is 3.06. The molecule has 0 saturated carbocycles. The molecule has 0 radical (unpaired) electrons. The van der Waals surface area contributed by atoms with Gasteiger partial charge in [-0.25, -0.2) is 8.78 Å². The highest BCUT2D eigenvalue weighted by molar-refractivity contribution is 5.74. The fourth-order valence-corrected chi connectivity index (χ4v) is 3.13. The van der Waals surface area contributed by atoms with Gasteiger partial charge in [0, 0.05) is 24.9 Å². The van der Waals surface area contributed by atoms with Crippen LogP contribution in [0.3, 0.4) is 0 Å². The number of aryl methyl sites for hydroxylation is 1. The van der Waals surface area contributed by atoms with E-state index in [1.54, 1.807) is 17.8 Å².